The number of hydrogen-bond acceptors (Lipinski definition) is 6. The van der Waals surface area contributed by atoms with Crippen LogP contribution in [0.3, 0.4) is 0 Å². The van der Waals surface area contributed by atoms with Gasteiger partial charge in [0.25, 0.3) is 5.91 Å². The fraction of sp³-hybridized carbons (Fsp3) is 0.455. The number of carbonyl (C=O) groups excluding carboxylic acids is 1. The summed E-state index contributed by atoms with van der Waals surface area (Å²) in [5.74, 6) is -0.0205. The van der Waals surface area contributed by atoms with E-state index in [4.69, 9.17) is 0 Å². The maximum atomic E-state index is 12.2. The molecule has 0 aromatic carbocycles. The van der Waals surface area contributed by atoms with Gasteiger partial charge in [0.2, 0.25) is 0 Å². The van der Waals surface area contributed by atoms with E-state index in [1.54, 1.807) is 23.3 Å². The Hall–Kier alpha value is -1.34. The lowest BCUT2D eigenvalue weighted by Gasteiger charge is -2.14. The lowest BCUT2D eigenvalue weighted by atomic mass is 10.3. The summed E-state index contributed by atoms with van der Waals surface area (Å²) >= 11 is 2.77. The van der Waals surface area contributed by atoms with E-state index in [1.165, 1.54) is 0 Å². The molecule has 0 aliphatic rings. The van der Waals surface area contributed by atoms with Crippen LogP contribution in [0, 0.1) is 6.92 Å². The zero-order valence-corrected chi connectivity index (χ0v) is 12.1. The highest BCUT2D eigenvalue weighted by atomic mass is 32.1. The highest BCUT2D eigenvalue weighted by molar-refractivity contribution is 7.11. The van der Waals surface area contributed by atoms with Crippen LogP contribution in [0.2, 0.25) is 0 Å². The van der Waals surface area contributed by atoms with E-state index in [-0.39, 0.29) is 5.91 Å². The first-order valence-electron chi connectivity index (χ1n) is 5.59. The van der Waals surface area contributed by atoms with E-state index in [1.807, 2.05) is 20.0 Å². The Morgan fingerprint density at radius 3 is 2.89 bits per heavy atom. The van der Waals surface area contributed by atoms with Gasteiger partial charge in [-0.1, -0.05) is 11.4 Å². The van der Waals surface area contributed by atoms with E-state index in [0.717, 1.165) is 33.5 Å². The topological polar surface area (TPSA) is 59.0 Å². The van der Waals surface area contributed by atoms with Gasteiger partial charge in [0, 0.05) is 18.1 Å². The predicted molar refractivity (Wildman–Crippen MR) is 71.9 cm³/mol. The minimum Gasteiger partial charge on any atom is -0.336 e. The average molecular weight is 282 g/mol. The third-order valence-electron chi connectivity index (χ3n) is 2.49. The highest BCUT2D eigenvalue weighted by Crippen LogP contribution is 2.17. The van der Waals surface area contributed by atoms with Gasteiger partial charge in [0.15, 0.2) is 0 Å². The third-order valence-corrected chi connectivity index (χ3v) is 4.15. The minimum atomic E-state index is -0.0205. The van der Waals surface area contributed by atoms with Crippen LogP contribution < -0.4 is 0 Å². The molecule has 0 saturated carbocycles. The molecule has 0 aliphatic carbocycles. The van der Waals surface area contributed by atoms with Gasteiger partial charge >= 0.3 is 0 Å². The van der Waals surface area contributed by atoms with Crippen LogP contribution in [0.15, 0.2) is 6.20 Å². The molecule has 7 heteroatoms. The Kier molecular flexibility index (Phi) is 4.03. The van der Waals surface area contributed by atoms with Gasteiger partial charge in [-0.3, -0.25) is 4.79 Å². The molecule has 0 atom stereocenters. The monoisotopic (exact) mass is 282 g/mol. The van der Waals surface area contributed by atoms with Crippen molar-refractivity contribution in [1.29, 1.82) is 0 Å². The first-order valence-corrected chi connectivity index (χ1v) is 7.18. The minimum absolute atomic E-state index is 0.0205. The first kappa shape index (κ1) is 13.1. The Morgan fingerprint density at radius 2 is 2.28 bits per heavy atom. The van der Waals surface area contributed by atoms with Gasteiger partial charge in [-0.05, 0) is 24.9 Å². The largest absolute Gasteiger partial charge is 0.336 e. The summed E-state index contributed by atoms with van der Waals surface area (Å²) in [5.41, 5.74) is 0.775. The van der Waals surface area contributed by atoms with Crippen LogP contribution in [-0.2, 0) is 13.0 Å². The third kappa shape index (κ3) is 2.73. The second-order valence-electron chi connectivity index (χ2n) is 3.91. The fourth-order valence-corrected chi connectivity index (χ4v) is 3.15. The SMILES string of the molecule is CCc1nnsc1C(=O)N(C)Cc1cnc(C)s1. The van der Waals surface area contributed by atoms with E-state index >= 15 is 0 Å². The molecular formula is C11H14N4OS2. The molecule has 0 radical (unpaired) electrons. The number of hydrogen-bond donors (Lipinski definition) is 0. The number of rotatable bonds is 4. The molecule has 18 heavy (non-hydrogen) atoms. The summed E-state index contributed by atoms with van der Waals surface area (Å²) in [7, 11) is 1.79. The molecule has 0 unspecified atom stereocenters. The van der Waals surface area contributed by atoms with Crippen molar-refractivity contribution in [2.75, 3.05) is 7.05 Å². The number of nitrogens with zero attached hydrogens (tertiary/aromatic N) is 4. The Morgan fingerprint density at radius 1 is 1.50 bits per heavy atom. The summed E-state index contributed by atoms with van der Waals surface area (Å²) in [6, 6.07) is 0. The van der Waals surface area contributed by atoms with Gasteiger partial charge in [-0.2, -0.15) is 0 Å². The molecule has 2 rings (SSSR count). The van der Waals surface area contributed by atoms with Crippen LogP contribution in [0.4, 0.5) is 0 Å². The van der Waals surface area contributed by atoms with Gasteiger partial charge in [-0.15, -0.1) is 16.4 Å². The van der Waals surface area contributed by atoms with Crippen molar-refractivity contribution in [3.05, 3.63) is 26.7 Å². The van der Waals surface area contributed by atoms with E-state index in [9.17, 15) is 4.79 Å². The summed E-state index contributed by atoms with van der Waals surface area (Å²) in [5, 5.41) is 4.97. The molecule has 96 valence electrons. The lowest BCUT2D eigenvalue weighted by Crippen LogP contribution is -2.25. The van der Waals surface area contributed by atoms with E-state index in [2.05, 4.69) is 14.6 Å². The van der Waals surface area contributed by atoms with Gasteiger partial charge in [0.05, 0.1) is 17.2 Å². The molecular weight excluding hydrogens is 268 g/mol. The molecule has 5 nitrogen and oxygen atoms in total. The van der Waals surface area contributed by atoms with E-state index in [0.29, 0.717) is 11.4 Å². The van der Waals surface area contributed by atoms with E-state index < -0.39 is 0 Å². The van der Waals surface area contributed by atoms with Crippen molar-refractivity contribution in [2.45, 2.75) is 26.8 Å². The Bertz CT molecular complexity index is 549. The molecule has 2 heterocycles. The summed E-state index contributed by atoms with van der Waals surface area (Å²) in [6.07, 6.45) is 2.54. The molecule has 1 amide bonds. The molecule has 0 saturated heterocycles. The number of thiazole rings is 1. The standard InChI is InChI=1S/C11H14N4OS2/c1-4-9-10(18-14-13-9)11(16)15(3)6-8-5-12-7(2)17-8/h5H,4,6H2,1-3H3. The van der Waals surface area contributed by atoms with Crippen LogP contribution in [0.5, 0.6) is 0 Å². The normalized spacial score (nSPS) is 10.6. The lowest BCUT2D eigenvalue weighted by molar-refractivity contribution is 0.0790. The number of aryl methyl sites for hydroxylation is 2. The molecule has 0 spiro atoms. The maximum Gasteiger partial charge on any atom is 0.267 e. The zero-order valence-electron chi connectivity index (χ0n) is 10.5. The highest BCUT2D eigenvalue weighted by Gasteiger charge is 2.19. The summed E-state index contributed by atoms with van der Waals surface area (Å²) in [4.78, 5) is 19.8. The van der Waals surface area contributed by atoms with Crippen LogP contribution >= 0.6 is 22.9 Å². The van der Waals surface area contributed by atoms with Crippen molar-refractivity contribution in [3.63, 3.8) is 0 Å². The molecule has 0 bridgehead atoms. The van der Waals surface area contributed by atoms with Crippen molar-refractivity contribution >= 4 is 28.8 Å². The van der Waals surface area contributed by atoms with Crippen molar-refractivity contribution in [3.8, 4) is 0 Å². The van der Waals surface area contributed by atoms with Gasteiger partial charge in [0.1, 0.15) is 4.88 Å². The average Bonchev–Trinajstić information content (AvgIpc) is 2.96. The van der Waals surface area contributed by atoms with Crippen LogP contribution in [-0.4, -0.2) is 32.4 Å². The number of aromatic nitrogens is 3. The summed E-state index contributed by atoms with van der Waals surface area (Å²) in [6.45, 7) is 4.50. The molecule has 0 aliphatic heterocycles. The molecule has 0 fully saturated rings. The predicted octanol–water partition coefficient (Wildman–Crippen LogP) is 2.14. The van der Waals surface area contributed by atoms with Crippen molar-refractivity contribution in [2.24, 2.45) is 0 Å². The second kappa shape index (κ2) is 5.53. The molecule has 2 aromatic heterocycles. The van der Waals surface area contributed by atoms with Gasteiger partial charge in [-0.25, -0.2) is 4.98 Å². The smallest absolute Gasteiger partial charge is 0.267 e. The quantitative estimate of drug-likeness (QED) is 0.862. The fourth-order valence-electron chi connectivity index (χ4n) is 1.56. The zero-order chi connectivity index (χ0) is 13.1. The number of carbonyl (C=O) groups is 1. The second-order valence-corrected chi connectivity index (χ2v) is 5.98. The number of amides is 1. The van der Waals surface area contributed by atoms with Gasteiger partial charge < -0.3 is 4.90 Å². The first-order chi connectivity index (χ1) is 8.61. The maximum absolute atomic E-state index is 12.2. The van der Waals surface area contributed by atoms with Crippen molar-refractivity contribution in [1.82, 2.24) is 19.5 Å². The van der Waals surface area contributed by atoms with Crippen LogP contribution in [0.1, 0.15) is 32.2 Å². The molecule has 2 aromatic rings. The van der Waals surface area contributed by atoms with Crippen LogP contribution in [0.25, 0.3) is 0 Å². The molecule has 0 N–H and O–H groups in total. The summed E-state index contributed by atoms with van der Waals surface area (Å²) < 4.78 is 3.84. The Balaban J connectivity index is 2.09. The van der Waals surface area contributed by atoms with Crippen molar-refractivity contribution < 1.29 is 4.79 Å². The Labute approximate surface area is 114 Å².